The van der Waals surface area contributed by atoms with Gasteiger partial charge < -0.3 is 0 Å². The summed E-state index contributed by atoms with van der Waals surface area (Å²) in [4.78, 5) is 21.7. The highest BCUT2D eigenvalue weighted by atomic mass is 16.1. The number of pyridine rings is 1. The molecule has 28 heavy (non-hydrogen) atoms. The molecule has 0 saturated carbocycles. The van der Waals surface area contributed by atoms with E-state index in [1.165, 1.54) is 0 Å². The van der Waals surface area contributed by atoms with Crippen LogP contribution < -0.4 is 5.56 Å². The molecule has 0 N–H and O–H groups in total. The van der Waals surface area contributed by atoms with E-state index < -0.39 is 0 Å². The van der Waals surface area contributed by atoms with Gasteiger partial charge in [0.15, 0.2) is 0 Å². The molecule has 5 aromatic rings. The quantitative estimate of drug-likeness (QED) is 0.468. The number of fused-ring (bicyclic) bond motifs is 2. The number of hydrogen-bond donors (Lipinski definition) is 0. The summed E-state index contributed by atoms with van der Waals surface area (Å²) in [5.74, 6) is 0. The van der Waals surface area contributed by atoms with Gasteiger partial charge in [0.2, 0.25) is 0 Å². The van der Waals surface area contributed by atoms with Crippen LogP contribution in [-0.2, 0) is 6.54 Å². The molecule has 0 aliphatic carbocycles. The lowest BCUT2D eigenvalue weighted by molar-refractivity contribution is 0.748. The molecule has 0 saturated heterocycles. The lowest BCUT2D eigenvalue weighted by Gasteiger charge is -2.09. The molecule has 0 atom stereocenters. The topological polar surface area (TPSA) is 47.8 Å². The molecule has 5 rings (SSSR count). The van der Waals surface area contributed by atoms with E-state index in [4.69, 9.17) is 0 Å². The Balaban J connectivity index is 1.52. The van der Waals surface area contributed by atoms with Gasteiger partial charge in [-0.25, -0.2) is 4.98 Å². The van der Waals surface area contributed by atoms with Crippen molar-refractivity contribution in [2.75, 3.05) is 0 Å². The molecule has 0 aliphatic rings. The molecule has 0 spiro atoms. The maximum absolute atomic E-state index is 12.7. The van der Waals surface area contributed by atoms with Crippen molar-refractivity contribution in [1.82, 2.24) is 14.5 Å². The van der Waals surface area contributed by atoms with Crippen molar-refractivity contribution in [2.45, 2.75) is 6.54 Å². The van der Waals surface area contributed by atoms with E-state index in [9.17, 15) is 4.79 Å². The molecule has 0 fully saturated rings. The second-order valence-electron chi connectivity index (χ2n) is 6.81. The summed E-state index contributed by atoms with van der Waals surface area (Å²) in [6.07, 6.45) is 3.51. The molecule has 0 bridgehead atoms. The normalized spacial score (nSPS) is 11.1. The third-order valence-electron chi connectivity index (χ3n) is 4.94. The second kappa shape index (κ2) is 6.74. The van der Waals surface area contributed by atoms with Crippen molar-refractivity contribution in [3.05, 3.63) is 107 Å². The first-order valence-corrected chi connectivity index (χ1v) is 9.16. The first-order chi connectivity index (χ1) is 13.8. The van der Waals surface area contributed by atoms with Crippen LogP contribution in [0.1, 0.15) is 5.56 Å². The lowest BCUT2D eigenvalue weighted by Crippen LogP contribution is -2.21. The third-order valence-corrected chi connectivity index (χ3v) is 4.94. The Hall–Kier alpha value is -3.79. The van der Waals surface area contributed by atoms with Crippen LogP contribution in [0.5, 0.6) is 0 Å². The standard InChI is InChI=1S/C24H17N3O/c28-24-21-9-2-4-11-23(21)26-16-27(24)15-17-6-5-8-18(12-17)20-13-19-7-1-3-10-22(19)25-14-20/h1-14,16H,15H2. The number of benzene rings is 3. The Morgan fingerprint density at radius 3 is 2.50 bits per heavy atom. The van der Waals surface area contributed by atoms with Crippen molar-refractivity contribution >= 4 is 21.8 Å². The van der Waals surface area contributed by atoms with E-state index >= 15 is 0 Å². The smallest absolute Gasteiger partial charge is 0.261 e. The van der Waals surface area contributed by atoms with Gasteiger partial charge >= 0.3 is 0 Å². The third kappa shape index (κ3) is 2.95. The number of nitrogens with zero attached hydrogens (tertiary/aromatic N) is 3. The predicted octanol–water partition coefficient (Wildman–Crippen LogP) is 4.66. The summed E-state index contributed by atoms with van der Waals surface area (Å²) in [6.45, 7) is 0.478. The molecule has 0 radical (unpaired) electrons. The zero-order valence-electron chi connectivity index (χ0n) is 15.1. The fourth-order valence-corrected chi connectivity index (χ4v) is 3.49. The van der Waals surface area contributed by atoms with E-state index in [2.05, 4.69) is 34.2 Å². The first-order valence-electron chi connectivity index (χ1n) is 9.16. The highest BCUT2D eigenvalue weighted by Crippen LogP contribution is 2.23. The van der Waals surface area contributed by atoms with Gasteiger partial charge in [-0.2, -0.15) is 0 Å². The average Bonchev–Trinajstić information content (AvgIpc) is 2.76. The zero-order chi connectivity index (χ0) is 18.9. The van der Waals surface area contributed by atoms with Crippen molar-refractivity contribution in [3.63, 3.8) is 0 Å². The molecular weight excluding hydrogens is 346 g/mol. The summed E-state index contributed by atoms with van der Waals surface area (Å²) in [7, 11) is 0. The molecular formula is C24H17N3O. The average molecular weight is 363 g/mol. The Morgan fingerprint density at radius 2 is 1.57 bits per heavy atom. The molecule has 4 heteroatoms. The zero-order valence-corrected chi connectivity index (χ0v) is 15.1. The van der Waals surface area contributed by atoms with E-state index in [1.807, 2.05) is 60.8 Å². The summed E-state index contributed by atoms with van der Waals surface area (Å²) in [5.41, 5.74) is 4.87. The lowest BCUT2D eigenvalue weighted by atomic mass is 10.0. The maximum Gasteiger partial charge on any atom is 0.261 e. The highest BCUT2D eigenvalue weighted by molar-refractivity contribution is 5.83. The van der Waals surface area contributed by atoms with Crippen molar-refractivity contribution in [2.24, 2.45) is 0 Å². The van der Waals surface area contributed by atoms with E-state index in [1.54, 1.807) is 10.9 Å². The van der Waals surface area contributed by atoms with Gasteiger partial charge in [-0.3, -0.25) is 14.3 Å². The fraction of sp³-hybridized carbons (Fsp3) is 0.0417. The van der Waals surface area contributed by atoms with E-state index in [0.717, 1.165) is 33.1 Å². The number of hydrogen-bond acceptors (Lipinski definition) is 3. The van der Waals surface area contributed by atoms with Crippen LogP contribution in [0.2, 0.25) is 0 Å². The largest absolute Gasteiger partial charge is 0.294 e. The SMILES string of the molecule is O=c1c2ccccc2ncn1Cc1cccc(-c2cnc3ccccc3c2)c1. The molecule has 2 heterocycles. The number of aromatic nitrogens is 3. The Kier molecular flexibility index (Phi) is 3.95. The molecule has 0 amide bonds. The van der Waals surface area contributed by atoms with Crippen molar-refractivity contribution in [1.29, 1.82) is 0 Å². The van der Waals surface area contributed by atoms with Gasteiger partial charge in [-0.05, 0) is 41.5 Å². The minimum Gasteiger partial charge on any atom is -0.294 e. The summed E-state index contributed by atoms with van der Waals surface area (Å²) in [5, 5.41) is 1.75. The number of rotatable bonds is 3. The minimum atomic E-state index is -0.0247. The minimum absolute atomic E-state index is 0.0247. The van der Waals surface area contributed by atoms with Gasteiger partial charge in [0.1, 0.15) is 0 Å². The molecule has 134 valence electrons. The summed E-state index contributed by atoms with van der Waals surface area (Å²) >= 11 is 0. The monoisotopic (exact) mass is 363 g/mol. The van der Waals surface area contributed by atoms with Gasteiger partial charge in [0.05, 0.1) is 29.3 Å². The molecule has 3 aromatic carbocycles. The summed E-state index contributed by atoms with van der Waals surface area (Å²) < 4.78 is 1.65. The number of para-hydroxylation sites is 2. The van der Waals surface area contributed by atoms with Crippen LogP contribution in [0.4, 0.5) is 0 Å². The predicted molar refractivity (Wildman–Crippen MR) is 112 cm³/mol. The van der Waals surface area contributed by atoms with Gasteiger partial charge in [0, 0.05) is 17.1 Å². The maximum atomic E-state index is 12.7. The van der Waals surface area contributed by atoms with Crippen molar-refractivity contribution < 1.29 is 0 Å². The Bertz CT molecular complexity index is 1370. The van der Waals surface area contributed by atoms with Crippen LogP contribution in [0.3, 0.4) is 0 Å². The van der Waals surface area contributed by atoms with Crippen LogP contribution in [-0.4, -0.2) is 14.5 Å². The van der Waals surface area contributed by atoms with E-state index in [-0.39, 0.29) is 5.56 Å². The van der Waals surface area contributed by atoms with Crippen LogP contribution in [0.15, 0.2) is 96.2 Å². The van der Waals surface area contributed by atoms with Crippen LogP contribution in [0.25, 0.3) is 32.9 Å². The van der Waals surface area contributed by atoms with Gasteiger partial charge in [-0.1, -0.05) is 48.5 Å². The Labute approximate surface area is 161 Å². The molecule has 0 aliphatic heterocycles. The molecule has 2 aromatic heterocycles. The molecule has 0 unspecified atom stereocenters. The fourth-order valence-electron chi connectivity index (χ4n) is 3.49. The molecule has 4 nitrogen and oxygen atoms in total. The highest BCUT2D eigenvalue weighted by Gasteiger charge is 2.06. The van der Waals surface area contributed by atoms with E-state index in [0.29, 0.717) is 11.9 Å². The Morgan fingerprint density at radius 1 is 0.750 bits per heavy atom. The summed E-state index contributed by atoms with van der Waals surface area (Å²) in [6, 6.07) is 25.9. The van der Waals surface area contributed by atoms with Gasteiger partial charge in [-0.15, -0.1) is 0 Å². The van der Waals surface area contributed by atoms with Crippen LogP contribution in [0, 0.1) is 0 Å². The van der Waals surface area contributed by atoms with Crippen molar-refractivity contribution in [3.8, 4) is 11.1 Å². The van der Waals surface area contributed by atoms with Gasteiger partial charge in [0.25, 0.3) is 5.56 Å². The second-order valence-corrected chi connectivity index (χ2v) is 6.81. The first kappa shape index (κ1) is 16.4. The van der Waals surface area contributed by atoms with Crippen LogP contribution >= 0.6 is 0 Å².